The molecule has 0 atom stereocenters. The first-order valence-electron chi connectivity index (χ1n) is 5.22. The van der Waals surface area contributed by atoms with Crippen LogP contribution in [-0.4, -0.2) is 10.9 Å². The van der Waals surface area contributed by atoms with Crippen LogP contribution in [0.4, 0.5) is 13.2 Å². The van der Waals surface area contributed by atoms with Gasteiger partial charge in [0.25, 0.3) is 0 Å². The van der Waals surface area contributed by atoms with E-state index in [1.807, 2.05) is 0 Å². The molecule has 0 unspecified atom stereocenters. The number of hydrogen-bond acceptors (Lipinski definition) is 2. The van der Waals surface area contributed by atoms with Crippen LogP contribution in [0.2, 0.25) is 5.02 Å². The molecule has 0 saturated heterocycles. The second kappa shape index (κ2) is 4.70. The predicted octanol–water partition coefficient (Wildman–Crippen LogP) is 2.93. The molecule has 0 bridgehead atoms. The fourth-order valence-electron chi connectivity index (χ4n) is 1.75. The Morgan fingerprint density at radius 3 is 2.58 bits per heavy atom. The van der Waals surface area contributed by atoms with Crippen molar-refractivity contribution < 1.29 is 18.0 Å². The van der Waals surface area contributed by atoms with Crippen molar-refractivity contribution >= 4 is 28.4 Å². The van der Waals surface area contributed by atoms with Gasteiger partial charge in [-0.2, -0.15) is 13.2 Å². The summed E-state index contributed by atoms with van der Waals surface area (Å²) >= 11 is 5.79. The molecule has 1 amide bonds. The summed E-state index contributed by atoms with van der Waals surface area (Å²) in [6.45, 7) is 0. The topological polar surface area (TPSA) is 56.0 Å². The van der Waals surface area contributed by atoms with Crippen molar-refractivity contribution in [2.75, 3.05) is 0 Å². The molecule has 19 heavy (non-hydrogen) atoms. The number of primary amides is 1. The van der Waals surface area contributed by atoms with Crippen LogP contribution in [0.25, 0.3) is 10.9 Å². The van der Waals surface area contributed by atoms with Gasteiger partial charge in [0.2, 0.25) is 5.91 Å². The lowest BCUT2D eigenvalue weighted by atomic mass is 10.0. The molecule has 3 nitrogen and oxygen atoms in total. The summed E-state index contributed by atoms with van der Waals surface area (Å²) in [4.78, 5) is 14.5. The lowest BCUT2D eigenvalue weighted by Crippen LogP contribution is -2.16. The highest BCUT2D eigenvalue weighted by Gasteiger charge is 2.33. The number of amides is 1. The highest BCUT2D eigenvalue weighted by molar-refractivity contribution is 6.31. The quantitative estimate of drug-likeness (QED) is 0.924. The van der Waals surface area contributed by atoms with Crippen LogP contribution in [0, 0.1) is 0 Å². The Hall–Kier alpha value is -1.82. The fourth-order valence-corrected chi connectivity index (χ4v) is 1.92. The Morgan fingerprint density at radius 2 is 2.00 bits per heavy atom. The maximum absolute atomic E-state index is 12.7. The van der Waals surface area contributed by atoms with Crippen LogP contribution in [0.15, 0.2) is 24.3 Å². The maximum Gasteiger partial charge on any atom is 0.433 e. The molecule has 7 heteroatoms. The summed E-state index contributed by atoms with van der Waals surface area (Å²) in [5, 5.41) is 0.735. The minimum atomic E-state index is -4.58. The molecule has 0 saturated carbocycles. The van der Waals surface area contributed by atoms with E-state index in [0.717, 1.165) is 6.07 Å². The molecule has 2 N–H and O–H groups in total. The normalized spacial score (nSPS) is 11.8. The SMILES string of the molecule is NC(=O)Cc1cc(C(F)(F)F)nc2ccc(Cl)cc12. The number of alkyl halides is 3. The molecule has 1 aromatic heterocycles. The number of hydrogen-bond donors (Lipinski definition) is 1. The van der Waals surface area contributed by atoms with Crippen LogP contribution >= 0.6 is 11.6 Å². The van der Waals surface area contributed by atoms with E-state index in [4.69, 9.17) is 17.3 Å². The first kappa shape index (κ1) is 13.6. The van der Waals surface area contributed by atoms with Gasteiger partial charge in [-0.3, -0.25) is 4.79 Å². The highest BCUT2D eigenvalue weighted by Crippen LogP contribution is 2.31. The molecular formula is C12H8ClF3N2O. The molecule has 0 aliphatic rings. The van der Waals surface area contributed by atoms with E-state index >= 15 is 0 Å². The summed E-state index contributed by atoms with van der Waals surface area (Å²) in [5.74, 6) is -0.722. The van der Waals surface area contributed by atoms with E-state index in [2.05, 4.69) is 4.98 Å². The fraction of sp³-hybridized carbons (Fsp3) is 0.167. The van der Waals surface area contributed by atoms with Crippen LogP contribution in [-0.2, 0) is 17.4 Å². The number of aromatic nitrogens is 1. The molecule has 100 valence electrons. The monoisotopic (exact) mass is 288 g/mol. The summed E-state index contributed by atoms with van der Waals surface area (Å²) in [5.41, 5.74) is 4.26. The van der Waals surface area contributed by atoms with E-state index in [0.29, 0.717) is 10.4 Å². The molecule has 1 heterocycles. The Labute approximate surface area is 111 Å². The maximum atomic E-state index is 12.7. The predicted molar refractivity (Wildman–Crippen MR) is 64.7 cm³/mol. The van der Waals surface area contributed by atoms with Crippen LogP contribution in [0.1, 0.15) is 11.3 Å². The van der Waals surface area contributed by atoms with Gasteiger partial charge in [-0.15, -0.1) is 0 Å². The standard InChI is InChI=1S/C12H8ClF3N2O/c13-7-1-2-9-8(5-7)6(4-11(17)19)3-10(18-9)12(14,15)16/h1-3,5H,4H2,(H2,17,19). The number of halogens is 4. The van der Waals surface area contributed by atoms with Crippen molar-refractivity contribution in [2.24, 2.45) is 5.73 Å². The number of pyridine rings is 1. The average molecular weight is 289 g/mol. The molecular weight excluding hydrogens is 281 g/mol. The number of benzene rings is 1. The molecule has 2 rings (SSSR count). The molecule has 0 aliphatic heterocycles. The first-order chi connectivity index (χ1) is 8.77. The number of carbonyl (C=O) groups excluding carboxylic acids is 1. The molecule has 0 fully saturated rings. The number of carbonyl (C=O) groups is 1. The van der Waals surface area contributed by atoms with E-state index in [1.54, 1.807) is 0 Å². The van der Waals surface area contributed by atoms with Crippen molar-refractivity contribution in [1.82, 2.24) is 4.98 Å². The van der Waals surface area contributed by atoms with Gasteiger partial charge >= 0.3 is 6.18 Å². The summed E-state index contributed by atoms with van der Waals surface area (Å²) in [6.07, 6.45) is -4.89. The van der Waals surface area contributed by atoms with Crippen LogP contribution in [0.5, 0.6) is 0 Å². The number of fused-ring (bicyclic) bond motifs is 1. The molecule has 0 spiro atoms. The molecule has 1 aromatic carbocycles. The van der Waals surface area contributed by atoms with Crippen molar-refractivity contribution in [3.8, 4) is 0 Å². The van der Waals surface area contributed by atoms with Crippen molar-refractivity contribution in [3.05, 3.63) is 40.5 Å². The van der Waals surface area contributed by atoms with Crippen LogP contribution < -0.4 is 5.73 Å². The summed E-state index contributed by atoms with van der Waals surface area (Å²) in [7, 11) is 0. The van der Waals surface area contributed by atoms with Crippen molar-refractivity contribution in [3.63, 3.8) is 0 Å². The van der Waals surface area contributed by atoms with Gasteiger partial charge in [-0.05, 0) is 29.8 Å². The highest BCUT2D eigenvalue weighted by atomic mass is 35.5. The number of nitrogens with two attached hydrogens (primary N) is 1. The lowest BCUT2D eigenvalue weighted by Gasteiger charge is -2.11. The second-order valence-electron chi connectivity index (χ2n) is 3.97. The average Bonchev–Trinajstić information content (AvgIpc) is 2.27. The largest absolute Gasteiger partial charge is 0.433 e. The third-order valence-corrected chi connectivity index (χ3v) is 2.75. The zero-order valence-electron chi connectivity index (χ0n) is 9.46. The van der Waals surface area contributed by atoms with Gasteiger partial charge in [0, 0.05) is 10.4 Å². The Bertz CT molecular complexity index is 655. The zero-order valence-corrected chi connectivity index (χ0v) is 10.2. The van der Waals surface area contributed by atoms with Crippen LogP contribution in [0.3, 0.4) is 0 Å². The minimum absolute atomic E-state index is 0.121. The van der Waals surface area contributed by atoms with Crippen molar-refractivity contribution in [2.45, 2.75) is 12.6 Å². The van der Waals surface area contributed by atoms with Gasteiger partial charge in [-0.25, -0.2) is 4.98 Å². The first-order valence-corrected chi connectivity index (χ1v) is 5.60. The van der Waals surface area contributed by atoms with Crippen molar-refractivity contribution in [1.29, 1.82) is 0 Å². The van der Waals surface area contributed by atoms with Gasteiger partial charge in [0.1, 0.15) is 5.69 Å². The third kappa shape index (κ3) is 2.96. The lowest BCUT2D eigenvalue weighted by molar-refractivity contribution is -0.141. The molecule has 0 radical (unpaired) electrons. The smallest absolute Gasteiger partial charge is 0.369 e. The van der Waals surface area contributed by atoms with E-state index in [-0.39, 0.29) is 17.5 Å². The molecule has 2 aromatic rings. The third-order valence-electron chi connectivity index (χ3n) is 2.51. The number of nitrogens with zero attached hydrogens (tertiary/aromatic N) is 1. The van der Waals surface area contributed by atoms with Gasteiger partial charge < -0.3 is 5.73 Å². The second-order valence-corrected chi connectivity index (χ2v) is 4.41. The molecule has 0 aliphatic carbocycles. The minimum Gasteiger partial charge on any atom is -0.369 e. The Balaban J connectivity index is 2.72. The zero-order chi connectivity index (χ0) is 14.2. The Morgan fingerprint density at radius 1 is 1.32 bits per heavy atom. The Kier molecular flexibility index (Phi) is 3.36. The van der Waals surface area contributed by atoms with Gasteiger partial charge in [0.05, 0.1) is 11.9 Å². The van der Waals surface area contributed by atoms with Gasteiger partial charge in [-0.1, -0.05) is 11.6 Å². The van der Waals surface area contributed by atoms with E-state index in [1.165, 1.54) is 18.2 Å². The van der Waals surface area contributed by atoms with E-state index < -0.39 is 17.8 Å². The number of rotatable bonds is 2. The van der Waals surface area contributed by atoms with Gasteiger partial charge in [0.15, 0.2) is 0 Å². The summed E-state index contributed by atoms with van der Waals surface area (Å²) in [6, 6.07) is 5.09. The van der Waals surface area contributed by atoms with E-state index in [9.17, 15) is 18.0 Å². The summed E-state index contributed by atoms with van der Waals surface area (Å²) < 4.78 is 38.1.